The molecule has 1 N–H and O–H groups in total. The van der Waals surface area contributed by atoms with Gasteiger partial charge in [0.15, 0.2) is 0 Å². The van der Waals surface area contributed by atoms with Crippen LogP contribution < -0.4 is 5.32 Å². The number of nitrogens with one attached hydrogen (secondary N) is 1. The molecule has 0 radical (unpaired) electrons. The van der Waals surface area contributed by atoms with Gasteiger partial charge in [0, 0.05) is 27.6 Å². The monoisotopic (exact) mass is 342 g/mol. The highest BCUT2D eigenvalue weighted by atomic mass is 32.2. The fourth-order valence-corrected chi connectivity index (χ4v) is 4.69. The standard InChI is InChI=1S/C16H26N2O2S2/c1-11(14(19)18-16(2,3)4)22(20)10-13-9-21-15(17-13)12-7-5-6-8-12/h9,11-12H,5-8,10H2,1-4H3,(H,18,19)/t11-,22+/m0/s1. The maximum Gasteiger partial charge on any atom is 0.235 e. The summed E-state index contributed by atoms with van der Waals surface area (Å²) in [4.78, 5) is 16.7. The van der Waals surface area contributed by atoms with E-state index in [2.05, 4.69) is 10.3 Å². The molecule has 1 aromatic heterocycles. The van der Waals surface area contributed by atoms with Crippen LogP contribution in [0.2, 0.25) is 0 Å². The Hall–Kier alpha value is -0.750. The predicted molar refractivity (Wildman–Crippen MR) is 92.5 cm³/mol. The van der Waals surface area contributed by atoms with Crippen LogP contribution in [-0.2, 0) is 21.3 Å². The van der Waals surface area contributed by atoms with Gasteiger partial charge in [0.1, 0.15) is 5.25 Å². The van der Waals surface area contributed by atoms with Crippen LogP contribution in [0.4, 0.5) is 0 Å². The summed E-state index contributed by atoms with van der Waals surface area (Å²) in [5.41, 5.74) is 0.562. The van der Waals surface area contributed by atoms with Gasteiger partial charge in [0.25, 0.3) is 0 Å². The van der Waals surface area contributed by atoms with E-state index in [-0.39, 0.29) is 11.4 Å². The molecule has 124 valence electrons. The van der Waals surface area contributed by atoms with Crippen molar-refractivity contribution in [2.24, 2.45) is 0 Å². The average molecular weight is 343 g/mol. The molecule has 0 bridgehead atoms. The first-order valence-corrected chi connectivity index (χ1v) is 10.2. The molecule has 0 aliphatic heterocycles. The molecular weight excluding hydrogens is 316 g/mol. The molecule has 6 heteroatoms. The lowest BCUT2D eigenvalue weighted by Gasteiger charge is -2.22. The number of carbonyl (C=O) groups is 1. The van der Waals surface area contributed by atoms with Crippen LogP contribution in [0.5, 0.6) is 0 Å². The number of rotatable bonds is 5. The normalized spacial score (nSPS) is 19.1. The molecule has 2 rings (SSSR count). The van der Waals surface area contributed by atoms with E-state index >= 15 is 0 Å². The van der Waals surface area contributed by atoms with Crippen molar-refractivity contribution in [2.75, 3.05) is 0 Å². The molecule has 0 spiro atoms. The Kier molecular flexibility index (Phi) is 5.77. The molecule has 1 aromatic rings. The highest BCUT2D eigenvalue weighted by molar-refractivity contribution is 7.85. The van der Waals surface area contributed by atoms with Gasteiger partial charge in [-0.25, -0.2) is 4.98 Å². The lowest BCUT2D eigenvalue weighted by atomic mass is 10.1. The van der Waals surface area contributed by atoms with Crippen LogP contribution in [0, 0.1) is 0 Å². The molecule has 1 aliphatic carbocycles. The zero-order valence-corrected chi connectivity index (χ0v) is 15.5. The van der Waals surface area contributed by atoms with Crippen LogP contribution in [0.25, 0.3) is 0 Å². The third-order valence-electron chi connectivity index (χ3n) is 3.83. The van der Waals surface area contributed by atoms with Gasteiger partial charge in [-0.15, -0.1) is 11.3 Å². The third kappa shape index (κ3) is 4.88. The lowest BCUT2D eigenvalue weighted by Crippen LogP contribution is -2.46. The van der Waals surface area contributed by atoms with Crippen molar-refractivity contribution >= 4 is 28.0 Å². The molecule has 1 heterocycles. The maximum atomic E-state index is 12.4. The zero-order valence-electron chi connectivity index (χ0n) is 13.8. The van der Waals surface area contributed by atoms with Crippen molar-refractivity contribution in [1.82, 2.24) is 10.3 Å². The van der Waals surface area contributed by atoms with Gasteiger partial charge in [-0.2, -0.15) is 0 Å². The van der Waals surface area contributed by atoms with Gasteiger partial charge in [-0.3, -0.25) is 9.00 Å². The zero-order chi connectivity index (χ0) is 16.3. The van der Waals surface area contributed by atoms with Gasteiger partial charge in [0.2, 0.25) is 5.91 Å². The van der Waals surface area contributed by atoms with Gasteiger partial charge >= 0.3 is 0 Å². The Morgan fingerprint density at radius 3 is 2.68 bits per heavy atom. The van der Waals surface area contributed by atoms with E-state index in [1.807, 2.05) is 26.2 Å². The first-order chi connectivity index (χ1) is 10.3. The highest BCUT2D eigenvalue weighted by Gasteiger charge is 2.25. The molecule has 22 heavy (non-hydrogen) atoms. The number of amides is 1. The molecule has 0 aromatic carbocycles. The van der Waals surface area contributed by atoms with Crippen LogP contribution in [0.3, 0.4) is 0 Å². The Morgan fingerprint density at radius 1 is 1.45 bits per heavy atom. The van der Waals surface area contributed by atoms with Crippen LogP contribution in [0.1, 0.15) is 70.0 Å². The minimum Gasteiger partial charge on any atom is -0.350 e. The summed E-state index contributed by atoms with van der Waals surface area (Å²) < 4.78 is 12.4. The first-order valence-electron chi connectivity index (χ1n) is 7.90. The fourth-order valence-electron chi connectivity index (χ4n) is 2.61. The van der Waals surface area contributed by atoms with Crippen molar-refractivity contribution in [3.63, 3.8) is 0 Å². The van der Waals surface area contributed by atoms with E-state index < -0.39 is 16.0 Å². The first kappa shape index (κ1) is 17.6. The smallest absolute Gasteiger partial charge is 0.235 e. The predicted octanol–water partition coefficient (Wildman–Crippen LogP) is 3.35. The highest BCUT2D eigenvalue weighted by Crippen LogP contribution is 2.35. The minimum absolute atomic E-state index is 0.155. The summed E-state index contributed by atoms with van der Waals surface area (Å²) in [5.74, 6) is 0.799. The van der Waals surface area contributed by atoms with E-state index in [1.54, 1.807) is 18.3 Å². The molecule has 1 fully saturated rings. The Balaban J connectivity index is 1.92. The number of nitrogens with zero attached hydrogens (tertiary/aromatic N) is 1. The summed E-state index contributed by atoms with van der Waals surface area (Å²) in [7, 11) is -1.24. The molecular formula is C16H26N2O2S2. The third-order valence-corrected chi connectivity index (χ3v) is 6.46. The van der Waals surface area contributed by atoms with E-state index in [0.29, 0.717) is 11.7 Å². The Morgan fingerprint density at radius 2 is 2.09 bits per heavy atom. The minimum atomic E-state index is -1.24. The summed E-state index contributed by atoms with van der Waals surface area (Å²) >= 11 is 1.67. The quantitative estimate of drug-likeness (QED) is 0.892. The van der Waals surface area contributed by atoms with Crippen molar-refractivity contribution < 1.29 is 9.00 Å². The van der Waals surface area contributed by atoms with Crippen LogP contribution in [-0.4, -0.2) is 25.9 Å². The Labute approximate surface area is 139 Å². The van der Waals surface area contributed by atoms with Gasteiger partial charge in [-0.1, -0.05) is 12.8 Å². The van der Waals surface area contributed by atoms with Crippen molar-refractivity contribution in [1.29, 1.82) is 0 Å². The van der Waals surface area contributed by atoms with Crippen LogP contribution in [0.15, 0.2) is 5.38 Å². The summed E-state index contributed by atoms with van der Waals surface area (Å²) in [6.07, 6.45) is 5.02. The molecule has 1 saturated carbocycles. The number of thiazole rings is 1. The summed E-state index contributed by atoms with van der Waals surface area (Å²) in [6.45, 7) is 7.50. The van der Waals surface area contributed by atoms with Gasteiger partial charge < -0.3 is 5.32 Å². The molecule has 4 nitrogen and oxygen atoms in total. The molecule has 1 aliphatic rings. The summed E-state index contributed by atoms with van der Waals surface area (Å²) in [5, 5.41) is 5.55. The number of hydrogen-bond donors (Lipinski definition) is 1. The second-order valence-corrected chi connectivity index (χ2v) is 9.71. The van der Waals surface area contributed by atoms with Crippen molar-refractivity contribution in [3.8, 4) is 0 Å². The largest absolute Gasteiger partial charge is 0.350 e. The second kappa shape index (κ2) is 7.21. The Bertz CT molecular complexity index is 543. The number of hydrogen-bond acceptors (Lipinski definition) is 4. The summed E-state index contributed by atoms with van der Waals surface area (Å²) in [6, 6.07) is 0. The second-order valence-electron chi connectivity index (χ2n) is 7.07. The molecule has 2 atom stereocenters. The van der Waals surface area contributed by atoms with Gasteiger partial charge in [-0.05, 0) is 40.5 Å². The molecule has 1 amide bonds. The van der Waals surface area contributed by atoms with Crippen LogP contribution >= 0.6 is 11.3 Å². The average Bonchev–Trinajstić information content (AvgIpc) is 3.05. The fraction of sp³-hybridized carbons (Fsp3) is 0.750. The molecule has 0 saturated heterocycles. The van der Waals surface area contributed by atoms with E-state index in [4.69, 9.17) is 0 Å². The number of aromatic nitrogens is 1. The van der Waals surface area contributed by atoms with Crippen molar-refractivity contribution in [2.45, 2.75) is 75.8 Å². The maximum absolute atomic E-state index is 12.4. The number of carbonyl (C=O) groups excluding carboxylic acids is 1. The van der Waals surface area contributed by atoms with E-state index in [9.17, 15) is 9.00 Å². The van der Waals surface area contributed by atoms with E-state index in [1.165, 1.54) is 30.7 Å². The topological polar surface area (TPSA) is 59.1 Å². The lowest BCUT2D eigenvalue weighted by molar-refractivity contribution is -0.121. The van der Waals surface area contributed by atoms with Gasteiger partial charge in [0.05, 0.1) is 16.5 Å². The van der Waals surface area contributed by atoms with Crippen molar-refractivity contribution in [3.05, 3.63) is 16.1 Å². The SMILES string of the molecule is C[C@@H](C(=O)NC(C)(C)C)[S@](=O)Cc1csc(C2CCCC2)n1. The van der Waals surface area contributed by atoms with E-state index in [0.717, 1.165) is 5.69 Å². The molecule has 0 unspecified atom stereocenters.